The molecule has 0 unspecified atom stereocenters. The van der Waals surface area contributed by atoms with Crippen molar-refractivity contribution in [1.82, 2.24) is 20.1 Å². The van der Waals surface area contributed by atoms with Crippen molar-refractivity contribution in [2.24, 2.45) is 4.99 Å². The van der Waals surface area contributed by atoms with Crippen molar-refractivity contribution < 1.29 is 0 Å². The molecule has 1 aromatic rings. The number of pyridine rings is 1. The molecular weight excluding hydrogens is 451 g/mol. The summed E-state index contributed by atoms with van der Waals surface area (Å²) in [5.74, 6) is 2.01. The fraction of sp³-hybridized carbons (Fsp3) is 0.600. The summed E-state index contributed by atoms with van der Waals surface area (Å²) in [5.41, 5.74) is 1.14. The molecule has 152 valence electrons. The molecule has 0 atom stereocenters. The first-order valence-corrected chi connectivity index (χ1v) is 9.62. The lowest BCUT2D eigenvalue weighted by atomic mass is 10.2. The molecule has 1 N–H and O–H groups in total. The van der Waals surface area contributed by atoms with Gasteiger partial charge in [-0.25, -0.2) is 9.98 Å². The van der Waals surface area contributed by atoms with Crippen molar-refractivity contribution in [2.75, 3.05) is 58.3 Å². The molecule has 0 radical (unpaired) electrons. The predicted molar refractivity (Wildman–Crippen MR) is 126 cm³/mol. The molecule has 2 heterocycles. The molecule has 1 saturated heterocycles. The van der Waals surface area contributed by atoms with Crippen LogP contribution in [0, 0.1) is 0 Å². The Balaban J connectivity index is 0.00000364. The highest BCUT2D eigenvalue weighted by atomic mass is 127. The lowest BCUT2D eigenvalue weighted by Gasteiger charge is -2.33. The van der Waals surface area contributed by atoms with Gasteiger partial charge < -0.3 is 20.0 Å². The van der Waals surface area contributed by atoms with Crippen LogP contribution in [-0.2, 0) is 6.54 Å². The van der Waals surface area contributed by atoms with Crippen LogP contribution in [0.15, 0.2) is 36.0 Å². The molecule has 1 aliphatic rings. The molecule has 0 aliphatic carbocycles. The van der Waals surface area contributed by atoms with Crippen molar-refractivity contribution in [3.8, 4) is 0 Å². The highest BCUT2D eigenvalue weighted by molar-refractivity contribution is 14.0. The van der Waals surface area contributed by atoms with E-state index in [9.17, 15) is 0 Å². The molecule has 7 heteroatoms. The Labute approximate surface area is 181 Å². The Hall–Kier alpha value is -1.35. The number of aromatic nitrogens is 1. The van der Waals surface area contributed by atoms with Gasteiger partial charge in [-0.15, -0.1) is 30.6 Å². The second-order valence-electron chi connectivity index (χ2n) is 6.84. The summed E-state index contributed by atoms with van der Waals surface area (Å²) in [6.07, 6.45) is 6.04. The third kappa shape index (κ3) is 8.04. The average molecular weight is 486 g/mol. The topological polar surface area (TPSA) is 47.0 Å². The van der Waals surface area contributed by atoms with E-state index in [1.807, 2.05) is 12.3 Å². The molecule has 0 spiro atoms. The van der Waals surface area contributed by atoms with E-state index in [1.54, 1.807) is 0 Å². The van der Waals surface area contributed by atoms with E-state index < -0.39 is 0 Å². The van der Waals surface area contributed by atoms with Crippen LogP contribution in [0.3, 0.4) is 0 Å². The number of hydrogen-bond donors (Lipinski definition) is 1. The van der Waals surface area contributed by atoms with Crippen LogP contribution in [0.5, 0.6) is 0 Å². The van der Waals surface area contributed by atoms with Gasteiger partial charge in [-0.3, -0.25) is 0 Å². The molecule has 27 heavy (non-hydrogen) atoms. The van der Waals surface area contributed by atoms with Crippen LogP contribution in [-0.4, -0.2) is 74.1 Å². The highest BCUT2D eigenvalue weighted by Crippen LogP contribution is 2.14. The molecule has 0 saturated carbocycles. The molecular formula is C20H35IN6. The summed E-state index contributed by atoms with van der Waals surface area (Å²) >= 11 is 0. The predicted octanol–water partition coefficient (Wildman–Crippen LogP) is 2.81. The zero-order valence-corrected chi connectivity index (χ0v) is 19.4. The SMILES string of the molecule is C=CCCCN(C)C(=NCc1ccc(N2CCN(C)CC2)nc1)NCC.I. The number of guanidine groups is 1. The van der Waals surface area contributed by atoms with E-state index in [4.69, 9.17) is 4.99 Å². The van der Waals surface area contributed by atoms with E-state index in [0.717, 1.165) is 69.5 Å². The van der Waals surface area contributed by atoms with Gasteiger partial charge in [0.1, 0.15) is 5.82 Å². The van der Waals surface area contributed by atoms with Crippen LogP contribution in [0.1, 0.15) is 25.3 Å². The van der Waals surface area contributed by atoms with Crippen molar-refractivity contribution in [1.29, 1.82) is 0 Å². The average Bonchev–Trinajstić information content (AvgIpc) is 2.66. The number of nitrogens with zero attached hydrogens (tertiary/aromatic N) is 5. The standard InChI is InChI=1S/C20H34N6.HI/c1-5-7-8-11-25(4)20(21-6-2)23-17-18-9-10-19(22-16-18)26-14-12-24(3)13-15-26;/h5,9-10,16H,1,6-8,11-15,17H2,2-4H3,(H,21,23);1H. The Bertz CT molecular complexity index is 566. The van der Waals surface area contributed by atoms with Gasteiger partial charge in [0.25, 0.3) is 0 Å². The van der Waals surface area contributed by atoms with Crippen molar-refractivity contribution >= 4 is 35.8 Å². The zero-order chi connectivity index (χ0) is 18.8. The number of allylic oxidation sites excluding steroid dienone is 1. The number of likely N-dealkylation sites (N-methyl/N-ethyl adjacent to an activating group) is 1. The van der Waals surface area contributed by atoms with Gasteiger partial charge in [-0.2, -0.15) is 0 Å². The number of piperazine rings is 1. The third-order valence-electron chi connectivity index (χ3n) is 4.65. The molecule has 1 fully saturated rings. The van der Waals surface area contributed by atoms with Gasteiger partial charge in [-0.1, -0.05) is 12.1 Å². The first-order valence-electron chi connectivity index (χ1n) is 9.62. The van der Waals surface area contributed by atoms with Crippen LogP contribution >= 0.6 is 24.0 Å². The van der Waals surface area contributed by atoms with Crippen molar-refractivity contribution in [3.63, 3.8) is 0 Å². The first kappa shape index (κ1) is 23.7. The van der Waals surface area contributed by atoms with E-state index in [-0.39, 0.29) is 24.0 Å². The second kappa shape index (κ2) is 12.9. The summed E-state index contributed by atoms with van der Waals surface area (Å²) in [7, 11) is 4.25. The number of unbranched alkanes of at least 4 members (excludes halogenated alkanes) is 1. The lowest BCUT2D eigenvalue weighted by Crippen LogP contribution is -2.44. The number of rotatable bonds is 8. The second-order valence-corrected chi connectivity index (χ2v) is 6.84. The number of nitrogens with one attached hydrogen (secondary N) is 1. The van der Waals surface area contributed by atoms with Crippen LogP contribution in [0.2, 0.25) is 0 Å². The maximum absolute atomic E-state index is 4.76. The van der Waals surface area contributed by atoms with Gasteiger partial charge in [0.05, 0.1) is 6.54 Å². The van der Waals surface area contributed by atoms with E-state index in [1.165, 1.54) is 0 Å². The Morgan fingerprint density at radius 3 is 2.67 bits per heavy atom. The summed E-state index contributed by atoms with van der Waals surface area (Å²) in [4.78, 5) is 16.3. The van der Waals surface area contributed by atoms with Crippen LogP contribution in [0.25, 0.3) is 0 Å². The summed E-state index contributed by atoms with van der Waals surface area (Å²) < 4.78 is 0. The van der Waals surface area contributed by atoms with Crippen molar-refractivity contribution in [3.05, 3.63) is 36.5 Å². The van der Waals surface area contributed by atoms with Crippen LogP contribution < -0.4 is 10.2 Å². The monoisotopic (exact) mass is 486 g/mol. The first-order chi connectivity index (χ1) is 12.6. The molecule has 0 amide bonds. The van der Waals surface area contributed by atoms with E-state index >= 15 is 0 Å². The fourth-order valence-corrected chi connectivity index (χ4v) is 2.95. The lowest BCUT2D eigenvalue weighted by molar-refractivity contribution is 0.312. The summed E-state index contributed by atoms with van der Waals surface area (Å²) in [6, 6.07) is 4.27. The minimum absolute atomic E-state index is 0. The fourth-order valence-electron chi connectivity index (χ4n) is 2.95. The van der Waals surface area contributed by atoms with Gasteiger partial charge in [0.15, 0.2) is 5.96 Å². The molecule has 2 rings (SSSR count). The maximum atomic E-state index is 4.76. The minimum Gasteiger partial charge on any atom is -0.357 e. The Morgan fingerprint density at radius 1 is 1.33 bits per heavy atom. The van der Waals surface area contributed by atoms with Crippen molar-refractivity contribution in [2.45, 2.75) is 26.3 Å². The Morgan fingerprint density at radius 2 is 2.07 bits per heavy atom. The zero-order valence-electron chi connectivity index (χ0n) is 17.0. The molecule has 1 aliphatic heterocycles. The van der Waals surface area contributed by atoms with Gasteiger partial charge in [-0.05, 0) is 38.4 Å². The smallest absolute Gasteiger partial charge is 0.193 e. The number of halogens is 1. The van der Waals surface area contributed by atoms with E-state index in [0.29, 0.717) is 6.54 Å². The highest BCUT2D eigenvalue weighted by Gasteiger charge is 2.14. The summed E-state index contributed by atoms with van der Waals surface area (Å²) in [5, 5.41) is 3.36. The number of hydrogen-bond acceptors (Lipinski definition) is 4. The molecule has 0 bridgehead atoms. The van der Waals surface area contributed by atoms with E-state index in [2.05, 4.69) is 64.7 Å². The maximum Gasteiger partial charge on any atom is 0.193 e. The third-order valence-corrected chi connectivity index (χ3v) is 4.65. The van der Waals surface area contributed by atoms with Crippen LogP contribution in [0.4, 0.5) is 5.82 Å². The molecule has 0 aromatic carbocycles. The Kier molecular flexibility index (Phi) is 11.3. The number of anilines is 1. The van der Waals surface area contributed by atoms with Gasteiger partial charge in [0.2, 0.25) is 0 Å². The van der Waals surface area contributed by atoms with Gasteiger partial charge in [0, 0.05) is 52.5 Å². The minimum atomic E-state index is 0. The van der Waals surface area contributed by atoms with Gasteiger partial charge >= 0.3 is 0 Å². The normalized spacial score (nSPS) is 15.2. The summed E-state index contributed by atoms with van der Waals surface area (Å²) in [6.45, 7) is 12.6. The molecule has 6 nitrogen and oxygen atoms in total. The molecule has 1 aromatic heterocycles. The number of aliphatic imine (C=N–C) groups is 1. The largest absolute Gasteiger partial charge is 0.357 e. The quantitative estimate of drug-likeness (QED) is 0.201.